The van der Waals surface area contributed by atoms with E-state index in [1.165, 1.54) is 12.0 Å². The Labute approximate surface area is 171 Å². The molecule has 0 aromatic heterocycles. The predicted molar refractivity (Wildman–Crippen MR) is 114 cm³/mol. The second-order valence-electron chi connectivity index (χ2n) is 6.03. The van der Waals surface area contributed by atoms with E-state index in [9.17, 15) is 0 Å². The number of rotatable bonds is 16. The standard InChI is InChI=1S/C12H26O5.C11H12/c1-3-4-14-7-8-16-11-12-17-10-9-15-6-5-13-2;1-3-5-11-8-6-10(4-2)7-9-11/h3-12H2,1-2H3;2,6-9H,3,5H2,1H3. The molecule has 0 spiro atoms. The van der Waals surface area contributed by atoms with E-state index in [0.717, 1.165) is 25.0 Å². The third-order valence-corrected chi connectivity index (χ3v) is 3.56. The molecule has 0 unspecified atom stereocenters. The molecule has 28 heavy (non-hydrogen) atoms. The molecular formula is C23H38O5. The second kappa shape index (κ2) is 21.9. The van der Waals surface area contributed by atoms with Crippen molar-refractivity contribution >= 4 is 0 Å². The number of hydrogen-bond acceptors (Lipinski definition) is 5. The van der Waals surface area contributed by atoms with E-state index in [1.807, 2.05) is 12.1 Å². The summed E-state index contributed by atoms with van der Waals surface area (Å²) in [6.07, 6.45) is 8.61. The van der Waals surface area contributed by atoms with Crippen molar-refractivity contribution < 1.29 is 23.7 Å². The molecular weight excluding hydrogens is 356 g/mol. The van der Waals surface area contributed by atoms with Crippen molar-refractivity contribution in [3.63, 3.8) is 0 Å². The summed E-state index contributed by atoms with van der Waals surface area (Å²) >= 11 is 0. The van der Waals surface area contributed by atoms with Crippen molar-refractivity contribution in [1.29, 1.82) is 0 Å². The van der Waals surface area contributed by atoms with Gasteiger partial charge in [0.05, 0.1) is 52.9 Å². The van der Waals surface area contributed by atoms with Crippen LogP contribution < -0.4 is 0 Å². The first kappa shape index (κ1) is 26.6. The van der Waals surface area contributed by atoms with Gasteiger partial charge < -0.3 is 23.7 Å². The molecule has 160 valence electrons. The lowest BCUT2D eigenvalue weighted by molar-refractivity contribution is -0.00769. The van der Waals surface area contributed by atoms with E-state index >= 15 is 0 Å². The largest absolute Gasteiger partial charge is 0.382 e. The van der Waals surface area contributed by atoms with Gasteiger partial charge in [-0.05, 0) is 30.5 Å². The van der Waals surface area contributed by atoms with Gasteiger partial charge in [-0.25, -0.2) is 0 Å². The van der Waals surface area contributed by atoms with E-state index in [4.69, 9.17) is 30.1 Å². The van der Waals surface area contributed by atoms with E-state index in [0.29, 0.717) is 52.9 Å². The predicted octanol–water partition coefficient (Wildman–Crippen LogP) is 3.73. The summed E-state index contributed by atoms with van der Waals surface area (Å²) in [5.41, 5.74) is 2.33. The molecule has 0 atom stereocenters. The highest BCUT2D eigenvalue weighted by Gasteiger charge is 1.92. The van der Waals surface area contributed by atoms with Crippen LogP contribution in [-0.2, 0) is 30.1 Å². The molecule has 1 aromatic rings. The van der Waals surface area contributed by atoms with Crippen molar-refractivity contribution in [3.05, 3.63) is 35.4 Å². The van der Waals surface area contributed by atoms with Gasteiger partial charge in [0.25, 0.3) is 0 Å². The molecule has 0 N–H and O–H groups in total. The summed E-state index contributed by atoms with van der Waals surface area (Å²) in [6.45, 7) is 10.0. The Morgan fingerprint density at radius 1 is 0.679 bits per heavy atom. The first-order valence-corrected chi connectivity index (χ1v) is 10.1. The van der Waals surface area contributed by atoms with Crippen LogP contribution in [0, 0.1) is 12.3 Å². The van der Waals surface area contributed by atoms with Crippen molar-refractivity contribution in [2.24, 2.45) is 0 Å². The fourth-order valence-electron chi connectivity index (χ4n) is 2.10. The summed E-state index contributed by atoms with van der Waals surface area (Å²) in [5.74, 6) is 2.60. The highest BCUT2D eigenvalue weighted by atomic mass is 16.6. The maximum atomic E-state index is 5.31. The molecule has 5 nitrogen and oxygen atoms in total. The number of methoxy groups -OCH3 is 1. The van der Waals surface area contributed by atoms with Crippen molar-refractivity contribution in [2.75, 3.05) is 66.6 Å². The minimum atomic E-state index is 0.597. The van der Waals surface area contributed by atoms with Crippen molar-refractivity contribution in [1.82, 2.24) is 0 Å². The van der Waals surface area contributed by atoms with Crippen LogP contribution in [0.3, 0.4) is 0 Å². The van der Waals surface area contributed by atoms with Crippen LogP contribution in [0.4, 0.5) is 0 Å². The van der Waals surface area contributed by atoms with E-state index in [2.05, 4.69) is 31.9 Å². The Bertz CT molecular complexity index is 453. The topological polar surface area (TPSA) is 46.2 Å². The van der Waals surface area contributed by atoms with Gasteiger partial charge >= 0.3 is 0 Å². The number of aryl methyl sites for hydroxylation is 1. The Kier molecular flexibility index (Phi) is 20.8. The summed E-state index contributed by atoms with van der Waals surface area (Å²) in [4.78, 5) is 0. The SMILES string of the molecule is C#Cc1ccc(CCC)cc1.CCCOCCOCCOCCOCCOC. The summed E-state index contributed by atoms with van der Waals surface area (Å²) < 4.78 is 26.0. The normalized spacial score (nSPS) is 10.2. The Morgan fingerprint density at radius 2 is 1.14 bits per heavy atom. The molecule has 0 fully saturated rings. The highest BCUT2D eigenvalue weighted by molar-refractivity contribution is 5.34. The maximum Gasteiger partial charge on any atom is 0.0701 e. The molecule has 0 aliphatic carbocycles. The van der Waals surface area contributed by atoms with Crippen molar-refractivity contribution in [3.8, 4) is 12.3 Å². The molecule has 0 heterocycles. The average Bonchev–Trinajstić information content (AvgIpc) is 2.73. The van der Waals surface area contributed by atoms with Gasteiger partial charge in [0.1, 0.15) is 0 Å². The van der Waals surface area contributed by atoms with E-state index < -0.39 is 0 Å². The maximum absolute atomic E-state index is 5.31. The quantitative estimate of drug-likeness (QED) is 0.316. The zero-order valence-electron chi connectivity index (χ0n) is 17.9. The van der Waals surface area contributed by atoms with Crippen LogP contribution >= 0.6 is 0 Å². The van der Waals surface area contributed by atoms with Gasteiger partial charge in [-0.2, -0.15) is 0 Å². The monoisotopic (exact) mass is 394 g/mol. The lowest BCUT2D eigenvalue weighted by atomic mass is 10.1. The Hall–Kier alpha value is -1.42. The first-order valence-electron chi connectivity index (χ1n) is 10.1. The average molecular weight is 395 g/mol. The van der Waals surface area contributed by atoms with E-state index in [-0.39, 0.29) is 0 Å². The van der Waals surface area contributed by atoms with E-state index in [1.54, 1.807) is 7.11 Å². The Balaban J connectivity index is 0.000000567. The van der Waals surface area contributed by atoms with Crippen LogP contribution in [-0.4, -0.2) is 66.6 Å². The lowest BCUT2D eigenvalue weighted by Gasteiger charge is -2.06. The molecule has 0 aliphatic rings. The summed E-state index contributed by atoms with van der Waals surface area (Å²) in [7, 11) is 1.65. The van der Waals surface area contributed by atoms with Crippen LogP contribution in [0.25, 0.3) is 0 Å². The zero-order valence-corrected chi connectivity index (χ0v) is 17.9. The fourth-order valence-corrected chi connectivity index (χ4v) is 2.10. The molecule has 5 heteroatoms. The summed E-state index contributed by atoms with van der Waals surface area (Å²) in [5, 5.41) is 0. The number of ether oxygens (including phenoxy) is 5. The third kappa shape index (κ3) is 18.0. The van der Waals surface area contributed by atoms with Gasteiger partial charge in [0, 0.05) is 19.3 Å². The lowest BCUT2D eigenvalue weighted by Crippen LogP contribution is -2.13. The minimum Gasteiger partial charge on any atom is -0.382 e. The van der Waals surface area contributed by atoms with Crippen LogP contribution in [0.5, 0.6) is 0 Å². The van der Waals surface area contributed by atoms with Crippen LogP contribution in [0.15, 0.2) is 24.3 Å². The number of hydrogen-bond donors (Lipinski definition) is 0. The molecule has 1 rings (SSSR count). The van der Waals surface area contributed by atoms with Crippen LogP contribution in [0.2, 0.25) is 0 Å². The van der Waals surface area contributed by atoms with Crippen LogP contribution in [0.1, 0.15) is 37.8 Å². The zero-order chi connectivity index (χ0) is 20.7. The molecule has 1 aromatic carbocycles. The molecule has 0 saturated heterocycles. The third-order valence-electron chi connectivity index (χ3n) is 3.56. The second-order valence-corrected chi connectivity index (χ2v) is 6.03. The van der Waals surface area contributed by atoms with Gasteiger partial charge in [-0.3, -0.25) is 0 Å². The van der Waals surface area contributed by atoms with Gasteiger partial charge in [0.15, 0.2) is 0 Å². The highest BCUT2D eigenvalue weighted by Crippen LogP contribution is 2.05. The molecule has 0 aliphatic heterocycles. The van der Waals surface area contributed by atoms with Gasteiger partial charge in [0.2, 0.25) is 0 Å². The minimum absolute atomic E-state index is 0.597. The van der Waals surface area contributed by atoms with Gasteiger partial charge in [-0.1, -0.05) is 38.3 Å². The number of benzene rings is 1. The first-order chi connectivity index (χ1) is 13.8. The molecule has 0 saturated carbocycles. The summed E-state index contributed by atoms with van der Waals surface area (Å²) in [6, 6.07) is 8.17. The molecule has 0 radical (unpaired) electrons. The van der Waals surface area contributed by atoms with Gasteiger partial charge in [-0.15, -0.1) is 6.42 Å². The fraction of sp³-hybridized carbons (Fsp3) is 0.652. The molecule has 0 bridgehead atoms. The smallest absolute Gasteiger partial charge is 0.0701 e. The molecule has 0 amide bonds. The Morgan fingerprint density at radius 3 is 1.54 bits per heavy atom. The van der Waals surface area contributed by atoms with Crippen molar-refractivity contribution in [2.45, 2.75) is 33.1 Å². The number of terminal acetylenes is 1.